The van der Waals surface area contributed by atoms with Crippen LogP contribution in [0.15, 0.2) is 130 Å². The van der Waals surface area contributed by atoms with Crippen molar-refractivity contribution in [3.05, 3.63) is 177 Å². The number of rotatable bonds is 13. The Morgan fingerprint density at radius 3 is 1.39 bits per heavy atom. The number of nitrogens with zero attached hydrogens (tertiary/aromatic N) is 9. The maximum atomic E-state index is 12.3. The molecule has 23 heteroatoms. The van der Waals surface area contributed by atoms with Gasteiger partial charge in [0.1, 0.15) is 17.2 Å². The minimum atomic E-state index is -1.21. The van der Waals surface area contributed by atoms with Crippen LogP contribution in [0.3, 0.4) is 0 Å². The van der Waals surface area contributed by atoms with Crippen LogP contribution in [0.25, 0.3) is 32.7 Å². The van der Waals surface area contributed by atoms with Crippen LogP contribution in [0, 0.1) is 41.5 Å². The van der Waals surface area contributed by atoms with Gasteiger partial charge in [0.25, 0.3) is 11.9 Å². The number of carbonyl (C=O) groups excluding carboxylic acids is 1. The second-order valence-corrected chi connectivity index (χ2v) is 19.2. The van der Waals surface area contributed by atoms with Crippen LogP contribution < -0.4 is 47.4 Å². The normalized spacial score (nSPS) is 12.2. The Labute approximate surface area is 484 Å². The molecule has 1 amide bonds. The van der Waals surface area contributed by atoms with Crippen LogP contribution >= 0.6 is 0 Å². The molecule has 6 aromatic carbocycles. The third kappa shape index (κ3) is 15.1. The van der Waals surface area contributed by atoms with E-state index in [1.165, 1.54) is 18.2 Å². The van der Waals surface area contributed by atoms with Gasteiger partial charge < -0.3 is 41.6 Å². The Morgan fingerprint density at radius 2 is 0.929 bits per heavy atom. The number of nitrogens with one attached hydrogen (secondary N) is 3. The number of guanidine groups is 3. The van der Waals surface area contributed by atoms with E-state index in [9.17, 15) is 24.6 Å². The van der Waals surface area contributed by atoms with Crippen molar-refractivity contribution in [2.75, 3.05) is 32.0 Å². The van der Waals surface area contributed by atoms with E-state index in [0.717, 1.165) is 66.5 Å². The lowest BCUT2D eigenvalue weighted by Crippen LogP contribution is -2.37. The molecule has 0 aliphatic carbocycles. The maximum Gasteiger partial charge on any atom is 0.336 e. The summed E-state index contributed by atoms with van der Waals surface area (Å²) in [7, 11) is 4.76. The number of amides is 1. The number of carbonyl (C=O) groups is 3. The molecule has 0 radical (unpaired) electrons. The van der Waals surface area contributed by atoms with Gasteiger partial charge in [-0.1, -0.05) is 65.2 Å². The number of aromatic carboxylic acids is 2. The Balaban J connectivity index is 0.000000181. The first-order valence-electron chi connectivity index (χ1n) is 26.1. The minimum absolute atomic E-state index is 0.0192. The number of ether oxygens (including phenoxy) is 3. The first-order chi connectivity index (χ1) is 40.0. The van der Waals surface area contributed by atoms with Crippen LogP contribution in [0.2, 0.25) is 0 Å². The summed E-state index contributed by atoms with van der Waals surface area (Å²) in [6.07, 6.45) is 0. The molecule has 11 N–H and O–H groups in total. The molecule has 0 saturated carbocycles. The molecule has 9 rings (SSSR count). The van der Waals surface area contributed by atoms with Crippen LogP contribution in [0.5, 0.6) is 17.2 Å². The quantitative estimate of drug-likeness (QED) is 0.0393. The molecule has 84 heavy (non-hydrogen) atoms. The Bertz CT molecular complexity index is 4030. The SMILES string of the molecule is COc1cc(OC)c(C(C)N=C(N)Nc2nc(C)c3cc(C)ccc3n2)c(OC)c1.Cc1ccc2nc(N=C(N)NC(=O)c3ccccc3C(=O)O)nc(C)c2c1.Cc1ccc2nc(NC(N)=NC(C)c3ccccc3C(=O)O)nc(C)c2c1. The van der Waals surface area contributed by atoms with Crippen molar-refractivity contribution < 1.29 is 38.8 Å². The highest BCUT2D eigenvalue weighted by Gasteiger charge is 2.21. The van der Waals surface area contributed by atoms with Gasteiger partial charge in [-0.25, -0.2) is 49.5 Å². The monoisotopic (exact) mass is 1140 g/mol. The number of aromatic nitrogens is 6. The Kier molecular flexibility index (Phi) is 19.6. The van der Waals surface area contributed by atoms with Gasteiger partial charge in [0.2, 0.25) is 17.9 Å². The highest BCUT2D eigenvalue weighted by atomic mass is 16.5. The molecule has 0 bridgehead atoms. The zero-order valence-corrected chi connectivity index (χ0v) is 48.2. The lowest BCUT2D eigenvalue weighted by atomic mass is 10.0. The van der Waals surface area contributed by atoms with E-state index in [0.29, 0.717) is 40.2 Å². The summed E-state index contributed by atoms with van der Waals surface area (Å²) in [6, 6.07) is 33.1. The molecule has 9 aromatic rings. The van der Waals surface area contributed by atoms with E-state index in [1.54, 1.807) is 70.7 Å². The second kappa shape index (κ2) is 27.1. The highest BCUT2D eigenvalue weighted by molar-refractivity contribution is 6.11. The van der Waals surface area contributed by atoms with Crippen molar-refractivity contribution in [1.29, 1.82) is 0 Å². The molecule has 3 aromatic heterocycles. The molecular weight excluding hydrogens is 1070 g/mol. The lowest BCUT2D eigenvalue weighted by molar-refractivity contribution is 0.0683. The molecule has 0 aliphatic rings. The summed E-state index contributed by atoms with van der Waals surface area (Å²) in [6.45, 7) is 15.4. The zero-order chi connectivity index (χ0) is 60.9. The number of fused-ring (bicyclic) bond motifs is 3. The number of hydrogen-bond acceptors (Lipinski definition) is 15. The average Bonchev–Trinajstić information content (AvgIpc) is 3.59. The molecule has 432 valence electrons. The van der Waals surface area contributed by atoms with E-state index in [4.69, 9.17) is 31.4 Å². The van der Waals surface area contributed by atoms with Gasteiger partial charge in [0.05, 0.1) is 89.3 Å². The number of hydrogen-bond donors (Lipinski definition) is 8. The van der Waals surface area contributed by atoms with Gasteiger partial charge in [0.15, 0.2) is 11.9 Å². The molecule has 0 saturated heterocycles. The molecule has 2 atom stereocenters. The van der Waals surface area contributed by atoms with Crippen molar-refractivity contribution >= 4 is 86.3 Å². The maximum absolute atomic E-state index is 12.3. The number of aryl methyl sites for hydroxylation is 6. The smallest absolute Gasteiger partial charge is 0.336 e. The first-order valence-corrected chi connectivity index (χ1v) is 26.1. The zero-order valence-electron chi connectivity index (χ0n) is 48.2. The first kappa shape index (κ1) is 60.8. The van der Waals surface area contributed by atoms with Crippen LogP contribution in [0.4, 0.5) is 17.8 Å². The number of methoxy groups -OCH3 is 3. The Hall–Kier alpha value is -10.8. The van der Waals surface area contributed by atoms with Gasteiger partial charge in [0, 0.05) is 28.3 Å². The molecule has 2 unspecified atom stereocenters. The third-order valence-corrected chi connectivity index (χ3v) is 12.9. The van der Waals surface area contributed by atoms with E-state index >= 15 is 0 Å². The van der Waals surface area contributed by atoms with Crippen molar-refractivity contribution in [2.24, 2.45) is 32.2 Å². The average molecular weight is 1140 g/mol. The van der Waals surface area contributed by atoms with Crippen molar-refractivity contribution in [3.63, 3.8) is 0 Å². The minimum Gasteiger partial charge on any atom is -0.496 e. The number of anilines is 2. The fourth-order valence-corrected chi connectivity index (χ4v) is 8.87. The van der Waals surface area contributed by atoms with Crippen LogP contribution in [0.1, 0.15) is 102 Å². The lowest BCUT2D eigenvalue weighted by Gasteiger charge is -2.18. The summed E-state index contributed by atoms with van der Waals surface area (Å²) in [5.41, 5.74) is 27.5. The second-order valence-electron chi connectivity index (χ2n) is 19.2. The van der Waals surface area contributed by atoms with Crippen molar-refractivity contribution in [1.82, 2.24) is 35.2 Å². The van der Waals surface area contributed by atoms with Gasteiger partial charge in [-0.2, -0.15) is 4.99 Å². The van der Waals surface area contributed by atoms with E-state index in [1.807, 2.05) is 97.0 Å². The summed E-state index contributed by atoms with van der Waals surface area (Å²) in [4.78, 5) is 74.4. The standard InChI is InChI=1S/C22H27N5O3.C20H21N5O2.C19H17N5O3/c1-12-7-8-17-16(9-12)13(2)25-22(26-17)27-21(23)24-14(3)20-18(29-5)10-15(28-4)11-19(20)30-6;1-11-8-9-17-16(10-11)13(3)23-20(24-17)25-19(21)22-12(2)14-6-4-5-7-15(14)18(26)27;1-10-7-8-15-14(9-10)11(2)21-19(22-15)24-18(20)23-16(25)12-5-3-4-6-13(12)17(26)27/h7-11,14H,1-6H3,(H3,23,24,25,26,27);4-10,12H,1-3H3,(H,26,27)(H3,21,22,23,24,25);3-9H,1-2H3,(H,26,27)(H3,20,21,22,23,24,25). The summed E-state index contributed by atoms with van der Waals surface area (Å²) in [5, 5.41) is 29.6. The number of nitrogens with two attached hydrogens (primary N) is 3. The molecule has 0 fully saturated rings. The van der Waals surface area contributed by atoms with E-state index < -0.39 is 23.9 Å². The van der Waals surface area contributed by atoms with E-state index in [-0.39, 0.29) is 46.6 Å². The fraction of sp³-hybridized carbons (Fsp3) is 0.213. The predicted molar refractivity (Wildman–Crippen MR) is 326 cm³/mol. The van der Waals surface area contributed by atoms with Crippen LogP contribution in [-0.4, -0.2) is 97.2 Å². The molecular formula is C61H65N15O8. The summed E-state index contributed by atoms with van der Waals surface area (Å²) < 4.78 is 16.3. The van der Waals surface area contributed by atoms with E-state index in [2.05, 4.69) is 66.9 Å². The Morgan fingerprint density at radius 1 is 0.500 bits per heavy atom. The molecule has 0 aliphatic heterocycles. The largest absolute Gasteiger partial charge is 0.496 e. The number of benzene rings is 6. The van der Waals surface area contributed by atoms with Gasteiger partial charge in [-0.3, -0.25) is 20.7 Å². The number of carboxylic acids is 2. The summed E-state index contributed by atoms with van der Waals surface area (Å²) >= 11 is 0. The highest BCUT2D eigenvalue weighted by Crippen LogP contribution is 2.39. The number of aliphatic imine (C=N–C) groups is 3. The van der Waals surface area contributed by atoms with Crippen molar-refractivity contribution in [3.8, 4) is 17.2 Å². The topological polar surface area (TPSA) is 348 Å². The van der Waals surface area contributed by atoms with Gasteiger partial charge >= 0.3 is 11.9 Å². The van der Waals surface area contributed by atoms with Crippen LogP contribution in [-0.2, 0) is 0 Å². The van der Waals surface area contributed by atoms with Gasteiger partial charge in [-0.15, -0.1) is 0 Å². The fourth-order valence-electron chi connectivity index (χ4n) is 8.87. The summed E-state index contributed by atoms with van der Waals surface area (Å²) in [5.74, 6) is -0.127. The molecule has 0 spiro atoms. The van der Waals surface area contributed by atoms with Gasteiger partial charge in [-0.05, 0) is 116 Å². The third-order valence-electron chi connectivity index (χ3n) is 12.9. The molecule has 23 nitrogen and oxygen atoms in total. The van der Waals surface area contributed by atoms with Crippen molar-refractivity contribution in [2.45, 2.75) is 67.5 Å². The molecule has 3 heterocycles. The number of carboxylic acid groups (broad SMARTS) is 2. The predicted octanol–water partition coefficient (Wildman–Crippen LogP) is 9.51.